The molecule has 2 bridgehead atoms. The number of barbiturate groups is 1. The molecule has 7 nitrogen and oxygen atoms in total. The van der Waals surface area contributed by atoms with Gasteiger partial charge >= 0.3 is 6.03 Å². The number of carbonyl (C=O) groups excluding carboxylic acids is 4. The fraction of sp³-hybridized carbons (Fsp3) is 0.706. The van der Waals surface area contributed by atoms with Gasteiger partial charge in [-0.25, -0.2) is 4.79 Å². The Balaban J connectivity index is 1.87. The Morgan fingerprint density at radius 1 is 1.04 bits per heavy atom. The minimum atomic E-state index is -1.14. The Bertz CT molecular complexity index is 659. The van der Waals surface area contributed by atoms with Gasteiger partial charge in [-0.15, -0.1) is 0 Å². The summed E-state index contributed by atoms with van der Waals surface area (Å²) < 4.78 is 0. The van der Waals surface area contributed by atoms with Crippen molar-refractivity contribution in [2.75, 3.05) is 14.1 Å². The van der Waals surface area contributed by atoms with E-state index >= 15 is 0 Å². The molecule has 0 spiro atoms. The maximum absolute atomic E-state index is 12.8. The van der Waals surface area contributed by atoms with Crippen molar-refractivity contribution in [3.8, 4) is 0 Å². The first-order chi connectivity index (χ1) is 11.0. The highest BCUT2D eigenvalue weighted by molar-refractivity contribution is 6.23. The Morgan fingerprint density at radius 3 is 2.04 bits per heavy atom. The van der Waals surface area contributed by atoms with Crippen LogP contribution in [0.4, 0.5) is 4.79 Å². The molecule has 130 valence electrons. The minimum absolute atomic E-state index is 0.0912. The number of nitrogens with zero attached hydrogens (tertiary/aromatic N) is 3. The monoisotopic (exact) mass is 333 g/mol. The molecule has 0 N–H and O–H groups in total. The van der Waals surface area contributed by atoms with E-state index < -0.39 is 35.2 Å². The molecule has 4 amide bonds. The van der Waals surface area contributed by atoms with Gasteiger partial charge in [-0.3, -0.25) is 29.2 Å². The molecule has 24 heavy (non-hydrogen) atoms. The van der Waals surface area contributed by atoms with Gasteiger partial charge in [0.05, 0.1) is 0 Å². The van der Waals surface area contributed by atoms with E-state index in [1.807, 2.05) is 6.92 Å². The molecule has 1 saturated heterocycles. The van der Waals surface area contributed by atoms with E-state index in [2.05, 4.69) is 18.8 Å². The van der Waals surface area contributed by atoms with E-state index in [9.17, 15) is 19.2 Å². The lowest BCUT2D eigenvalue weighted by Gasteiger charge is -2.31. The van der Waals surface area contributed by atoms with Crippen LogP contribution in [0.3, 0.4) is 0 Å². The van der Waals surface area contributed by atoms with Crippen LogP contribution < -0.4 is 0 Å². The zero-order chi connectivity index (χ0) is 18.0. The third-order valence-electron chi connectivity index (χ3n) is 6.66. The van der Waals surface area contributed by atoms with E-state index in [4.69, 9.17) is 0 Å². The molecule has 3 aliphatic rings. The van der Waals surface area contributed by atoms with Crippen LogP contribution in [0.5, 0.6) is 0 Å². The van der Waals surface area contributed by atoms with E-state index in [-0.39, 0.29) is 17.1 Å². The summed E-state index contributed by atoms with van der Waals surface area (Å²) in [5.74, 6) is -2.13. The van der Waals surface area contributed by atoms with Gasteiger partial charge in [0.15, 0.2) is 11.7 Å². The van der Waals surface area contributed by atoms with Crippen LogP contribution in [0.25, 0.3) is 0 Å². The zero-order valence-corrected chi connectivity index (χ0v) is 14.7. The normalized spacial score (nSPS) is 36.5. The smallest absolute Gasteiger partial charge is 0.297 e. The summed E-state index contributed by atoms with van der Waals surface area (Å²) in [5, 5.41) is 0. The van der Waals surface area contributed by atoms with Crippen LogP contribution in [0.1, 0.15) is 33.6 Å². The van der Waals surface area contributed by atoms with Crippen molar-refractivity contribution in [2.45, 2.75) is 39.7 Å². The SMILES string of the molecule is CN1C(=O)C(C=N[C@H]2C(=O)[C@]3(C)CC[C@@H]2C3(C)C)C(=O)N(C)C1=O. The second-order valence-electron chi connectivity index (χ2n) is 7.86. The number of urea groups is 1. The minimum Gasteiger partial charge on any atom is -0.297 e. The maximum atomic E-state index is 12.8. The van der Waals surface area contributed by atoms with Gasteiger partial charge in [0, 0.05) is 25.7 Å². The number of hydrogen-bond donors (Lipinski definition) is 0. The topological polar surface area (TPSA) is 87.1 Å². The van der Waals surface area contributed by atoms with Crippen molar-refractivity contribution in [1.29, 1.82) is 0 Å². The molecule has 3 rings (SSSR count). The highest BCUT2D eigenvalue weighted by Gasteiger charge is 2.66. The van der Waals surface area contributed by atoms with Crippen molar-refractivity contribution in [3.05, 3.63) is 0 Å². The van der Waals surface area contributed by atoms with E-state index in [1.54, 1.807) is 0 Å². The first-order valence-electron chi connectivity index (χ1n) is 8.20. The summed E-state index contributed by atoms with van der Waals surface area (Å²) in [6, 6.07) is -1.16. The molecule has 0 aromatic carbocycles. The van der Waals surface area contributed by atoms with Crippen molar-refractivity contribution < 1.29 is 19.2 Å². The van der Waals surface area contributed by atoms with Crippen molar-refractivity contribution in [1.82, 2.24) is 9.80 Å². The molecule has 7 heteroatoms. The lowest BCUT2D eigenvalue weighted by Crippen LogP contribution is -2.57. The van der Waals surface area contributed by atoms with Crippen LogP contribution in [-0.2, 0) is 14.4 Å². The number of ketones is 1. The number of carbonyl (C=O) groups is 4. The van der Waals surface area contributed by atoms with Crippen LogP contribution in [0.2, 0.25) is 0 Å². The molecule has 3 fully saturated rings. The lowest BCUT2D eigenvalue weighted by molar-refractivity contribution is -0.144. The molecule has 0 aromatic rings. The first kappa shape index (κ1) is 16.8. The Morgan fingerprint density at radius 2 is 1.58 bits per heavy atom. The van der Waals surface area contributed by atoms with Crippen LogP contribution in [-0.4, -0.2) is 59.8 Å². The van der Waals surface area contributed by atoms with E-state index in [1.165, 1.54) is 20.3 Å². The molecule has 1 heterocycles. The first-order valence-corrected chi connectivity index (χ1v) is 8.20. The second-order valence-corrected chi connectivity index (χ2v) is 7.86. The third kappa shape index (κ3) is 1.87. The number of imide groups is 2. The van der Waals surface area contributed by atoms with Gasteiger partial charge < -0.3 is 0 Å². The summed E-state index contributed by atoms with van der Waals surface area (Å²) >= 11 is 0. The summed E-state index contributed by atoms with van der Waals surface area (Å²) in [6.45, 7) is 6.17. The summed E-state index contributed by atoms with van der Waals surface area (Å²) in [7, 11) is 2.67. The van der Waals surface area contributed by atoms with Crippen LogP contribution >= 0.6 is 0 Å². The standard InChI is InChI=1S/C17H23N3O4/c1-16(2)10-6-7-17(16,3)12(21)11(10)18-8-9-13(22)19(4)15(24)20(5)14(9)23/h8-11H,6-7H2,1-5H3/t10-,11+,17-/m0/s1. The van der Waals surface area contributed by atoms with Crippen molar-refractivity contribution >= 4 is 29.8 Å². The highest BCUT2D eigenvalue weighted by atomic mass is 16.2. The molecule has 1 aliphatic heterocycles. The average molecular weight is 333 g/mol. The Kier molecular flexibility index (Phi) is 3.48. The molecule has 2 saturated carbocycles. The lowest BCUT2D eigenvalue weighted by atomic mass is 9.70. The number of rotatable bonds is 2. The summed E-state index contributed by atoms with van der Waals surface area (Å²) in [5.41, 5.74) is -0.542. The van der Waals surface area contributed by atoms with Gasteiger partial charge in [-0.2, -0.15) is 0 Å². The number of amides is 4. The van der Waals surface area contributed by atoms with E-state index in [0.29, 0.717) is 0 Å². The number of hydrogen-bond acceptors (Lipinski definition) is 5. The van der Waals surface area contributed by atoms with Gasteiger partial charge in [-0.05, 0) is 24.2 Å². The van der Waals surface area contributed by atoms with Crippen LogP contribution in [0.15, 0.2) is 4.99 Å². The number of fused-ring (bicyclic) bond motifs is 2. The Labute approximate surface area is 141 Å². The van der Waals surface area contributed by atoms with Crippen LogP contribution in [0, 0.1) is 22.7 Å². The predicted molar refractivity (Wildman–Crippen MR) is 86.3 cm³/mol. The second kappa shape index (κ2) is 4.97. The number of aliphatic imine (C=N–C) groups is 1. The van der Waals surface area contributed by atoms with Crippen molar-refractivity contribution in [2.24, 2.45) is 27.7 Å². The zero-order valence-electron chi connectivity index (χ0n) is 14.7. The third-order valence-corrected chi connectivity index (χ3v) is 6.66. The van der Waals surface area contributed by atoms with Gasteiger partial charge in [0.2, 0.25) is 11.8 Å². The average Bonchev–Trinajstić information content (AvgIpc) is 2.84. The molecular formula is C17H23N3O4. The fourth-order valence-electron chi connectivity index (χ4n) is 4.45. The summed E-state index contributed by atoms with van der Waals surface area (Å²) in [6.07, 6.45) is 3.05. The summed E-state index contributed by atoms with van der Waals surface area (Å²) in [4.78, 5) is 55.1. The van der Waals surface area contributed by atoms with E-state index in [0.717, 1.165) is 22.6 Å². The quantitative estimate of drug-likeness (QED) is 0.559. The maximum Gasteiger partial charge on any atom is 0.332 e. The molecule has 2 aliphatic carbocycles. The molecular weight excluding hydrogens is 310 g/mol. The molecule has 3 atom stereocenters. The van der Waals surface area contributed by atoms with Gasteiger partial charge in [0.1, 0.15) is 6.04 Å². The fourth-order valence-corrected chi connectivity index (χ4v) is 4.45. The Hall–Kier alpha value is -2.05. The largest absolute Gasteiger partial charge is 0.332 e. The molecule has 0 aromatic heterocycles. The predicted octanol–water partition coefficient (Wildman–Crippen LogP) is 1.12. The highest BCUT2D eigenvalue weighted by Crippen LogP contribution is 2.64. The van der Waals surface area contributed by atoms with Gasteiger partial charge in [-0.1, -0.05) is 20.8 Å². The molecule has 0 unspecified atom stereocenters. The molecule has 0 radical (unpaired) electrons. The van der Waals surface area contributed by atoms with Gasteiger partial charge in [0.25, 0.3) is 0 Å². The number of Topliss-reactive ketones (excluding diaryl/α,β-unsaturated/α-hetero) is 1. The van der Waals surface area contributed by atoms with Crippen molar-refractivity contribution in [3.63, 3.8) is 0 Å².